The molecule has 0 aromatic carbocycles. The number of nitrogens with zero attached hydrogens (tertiary/aromatic N) is 2. The molecule has 2 aliphatic heterocycles. The van der Waals surface area contributed by atoms with Gasteiger partial charge in [-0.3, -0.25) is 9.59 Å². The van der Waals surface area contributed by atoms with Gasteiger partial charge in [0.05, 0.1) is 6.04 Å². The predicted octanol–water partition coefficient (Wildman–Crippen LogP) is 1.64. The van der Waals surface area contributed by atoms with E-state index in [1.165, 1.54) is 0 Å². The minimum Gasteiger partial charge on any atom is -0.343 e. The van der Waals surface area contributed by atoms with Crippen molar-refractivity contribution in [2.24, 2.45) is 17.6 Å². The third-order valence-electron chi connectivity index (χ3n) is 4.85. The van der Waals surface area contributed by atoms with Crippen molar-refractivity contribution in [1.29, 1.82) is 0 Å². The lowest BCUT2D eigenvalue weighted by atomic mass is 9.92. The zero-order valence-electron chi connectivity index (χ0n) is 13.8. The minimum atomic E-state index is -0.396. The van der Waals surface area contributed by atoms with Gasteiger partial charge in [-0.05, 0) is 37.5 Å². The number of nitrogens with two attached hydrogens (primary N) is 1. The van der Waals surface area contributed by atoms with Gasteiger partial charge in [-0.15, -0.1) is 12.4 Å². The van der Waals surface area contributed by atoms with Crippen LogP contribution < -0.4 is 5.73 Å². The number of hydrogen-bond donors (Lipinski definition) is 1. The van der Waals surface area contributed by atoms with Gasteiger partial charge >= 0.3 is 0 Å². The summed E-state index contributed by atoms with van der Waals surface area (Å²) >= 11 is 0. The Morgan fingerprint density at radius 1 is 1.05 bits per heavy atom. The topological polar surface area (TPSA) is 66.6 Å². The van der Waals surface area contributed by atoms with Crippen molar-refractivity contribution in [3.63, 3.8) is 0 Å². The summed E-state index contributed by atoms with van der Waals surface area (Å²) in [5.41, 5.74) is 5.94. The van der Waals surface area contributed by atoms with Crippen LogP contribution in [0.1, 0.15) is 46.0 Å². The number of amides is 2. The molecule has 128 valence electrons. The average Bonchev–Trinajstić information content (AvgIpc) is 3.00. The Bertz CT molecular complexity index is 376. The summed E-state index contributed by atoms with van der Waals surface area (Å²) < 4.78 is 0. The normalized spacial score (nSPS) is 20.9. The zero-order valence-corrected chi connectivity index (χ0v) is 14.6. The smallest absolute Gasteiger partial charge is 0.239 e. The van der Waals surface area contributed by atoms with Crippen LogP contribution in [0.2, 0.25) is 0 Å². The lowest BCUT2D eigenvalue weighted by molar-refractivity contribution is -0.135. The second kappa shape index (κ2) is 8.73. The summed E-state index contributed by atoms with van der Waals surface area (Å²) in [5, 5.41) is 0. The second-order valence-electron chi connectivity index (χ2n) is 6.83. The van der Waals surface area contributed by atoms with Crippen LogP contribution in [0, 0.1) is 11.8 Å². The number of likely N-dealkylation sites (tertiary alicyclic amines) is 2. The van der Waals surface area contributed by atoms with E-state index in [0.29, 0.717) is 18.2 Å². The van der Waals surface area contributed by atoms with E-state index in [0.717, 1.165) is 51.9 Å². The molecule has 2 fully saturated rings. The lowest BCUT2D eigenvalue weighted by Gasteiger charge is -2.34. The summed E-state index contributed by atoms with van der Waals surface area (Å²) in [7, 11) is 0. The van der Waals surface area contributed by atoms with Crippen LogP contribution in [-0.2, 0) is 9.59 Å². The van der Waals surface area contributed by atoms with E-state index in [9.17, 15) is 9.59 Å². The SMILES string of the molecule is CC(C)[C@H](N)C(=O)N1CCC(CC(=O)N2CCCC2)CC1.Cl. The molecule has 5 nitrogen and oxygen atoms in total. The predicted molar refractivity (Wildman–Crippen MR) is 89.8 cm³/mol. The van der Waals surface area contributed by atoms with Crippen molar-refractivity contribution in [3.05, 3.63) is 0 Å². The molecule has 2 saturated heterocycles. The number of carbonyl (C=O) groups is 2. The van der Waals surface area contributed by atoms with Crippen LogP contribution in [0.4, 0.5) is 0 Å². The Morgan fingerprint density at radius 2 is 1.59 bits per heavy atom. The highest BCUT2D eigenvalue weighted by Crippen LogP contribution is 2.23. The molecule has 0 radical (unpaired) electrons. The van der Waals surface area contributed by atoms with Crippen molar-refractivity contribution >= 4 is 24.2 Å². The van der Waals surface area contributed by atoms with E-state index in [4.69, 9.17) is 5.73 Å². The number of rotatable bonds is 4. The molecular formula is C16H30ClN3O2. The molecule has 2 heterocycles. The van der Waals surface area contributed by atoms with Gasteiger partial charge in [-0.2, -0.15) is 0 Å². The third kappa shape index (κ3) is 4.85. The molecule has 0 aromatic rings. The van der Waals surface area contributed by atoms with E-state index < -0.39 is 6.04 Å². The van der Waals surface area contributed by atoms with Gasteiger partial charge in [0.1, 0.15) is 0 Å². The van der Waals surface area contributed by atoms with Crippen molar-refractivity contribution in [1.82, 2.24) is 9.80 Å². The first kappa shape index (κ1) is 19.2. The maximum Gasteiger partial charge on any atom is 0.239 e. The molecule has 0 spiro atoms. The van der Waals surface area contributed by atoms with Gasteiger partial charge in [0, 0.05) is 32.6 Å². The number of hydrogen-bond acceptors (Lipinski definition) is 3. The Morgan fingerprint density at radius 3 is 2.09 bits per heavy atom. The van der Waals surface area contributed by atoms with Crippen molar-refractivity contribution < 1.29 is 9.59 Å². The molecule has 22 heavy (non-hydrogen) atoms. The van der Waals surface area contributed by atoms with Gasteiger partial charge < -0.3 is 15.5 Å². The molecular weight excluding hydrogens is 302 g/mol. The van der Waals surface area contributed by atoms with Gasteiger partial charge in [0.15, 0.2) is 0 Å². The van der Waals surface area contributed by atoms with Crippen LogP contribution >= 0.6 is 12.4 Å². The van der Waals surface area contributed by atoms with Crippen LogP contribution in [0.15, 0.2) is 0 Å². The van der Waals surface area contributed by atoms with E-state index in [1.807, 2.05) is 23.6 Å². The van der Waals surface area contributed by atoms with Crippen LogP contribution in [0.25, 0.3) is 0 Å². The molecule has 1 atom stereocenters. The molecule has 6 heteroatoms. The summed E-state index contributed by atoms with van der Waals surface area (Å²) in [5.74, 6) is 0.967. The van der Waals surface area contributed by atoms with Crippen LogP contribution in [0.5, 0.6) is 0 Å². The Balaban J connectivity index is 0.00000242. The number of piperidine rings is 1. The van der Waals surface area contributed by atoms with Crippen LogP contribution in [-0.4, -0.2) is 53.8 Å². The second-order valence-corrected chi connectivity index (χ2v) is 6.83. The molecule has 2 amide bonds. The van der Waals surface area contributed by atoms with Gasteiger partial charge in [-0.1, -0.05) is 13.8 Å². The fourth-order valence-electron chi connectivity index (χ4n) is 3.20. The lowest BCUT2D eigenvalue weighted by Crippen LogP contribution is -2.49. The number of carbonyl (C=O) groups excluding carboxylic acids is 2. The molecule has 0 aromatic heterocycles. The molecule has 0 bridgehead atoms. The molecule has 2 N–H and O–H groups in total. The quantitative estimate of drug-likeness (QED) is 0.851. The fraction of sp³-hybridized carbons (Fsp3) is 0.875. The van der Waals surface area contributed by atoms with E-state index in [1.54, 1.807) is 0 Å². The molecule has 0 saturated carbocycles. The maximum absolute atomic E-state index is 12.2. The molecule has 0 aliphatic carbocycles. The summed E-state index contributed by atoms with van der Waals surface area (Å²) in [6.45, 7) is 7.31. The zero-order chi connectivity index (χ0) is 15.4. The molecule has 2 aliphatic rings. The van der Waals surface area contributed by atoms with Crippen molar-refractivity contribution in [2.75, 3.05) is 26.2 Å². The van der Waals surface area contributed by atoms with Crippen LogP contribution in [0.3, 0.4) is 0 Å². The van der Waals surface area contributed by atoms with Crippen molar-refractivity contribution in [3.8, 4) is 0 Å². The highest BCUT2D eigenvalue weighted by atomic mass is 35.5. The summed E-state index contributed by atoms with van der Waals surface area (Å²) in [6, 6.07) is -0.396. The Hall–Kier alpha value is -0.810. The minimum absolute atomic E-state index is 0. The summed E-state index contributed by atoms with van der Waals surface area (Å²) in [4.78, 5) is 28.2. The van der Waals surface area contributed by atoms with Crippen molar-refractivity contribution in [2.45, 2.75) is 52.0 Å². The first-order valence-corrected chi connectivity index (χ1v) is 8.31. The number of halogens is 1. The first-order chi connectivity index (χ1) is 9.99. The monoisotopic (exact) mass is 331 g/mol. The largest absolute Gasteiger partial charge is 0.343 e. The Kier molecular flexibility index (Phi) is 7.63. The molecule has 0 unspecified atom stereocenters. The third-order valence-corrected chi connectivity index (χ3v) is 4.85. The Labute approximate surface area is 140 Å². The molecule has 2 rings (SSSR count). The van der Waals surface area contributed by atoms with Gasteiger partial charge in [0.25, 0.3) is 0 Å². The van der Waals surface area contributed by atoms with E-state index >= 15 is 0 Å². The van der Waals surface area contributed by atoms with E-state index in [-0.39, 0.29) is 24.2 Å². The maximum atomic E-state index is 12.2. The van der Waals surface area contributed by atoms with Gasteiger partial charge in [0.2, 0.25) is 11.8 Å². The standard InChI is InChI=1S/C16H29N3O2.ClH/c1-12(2)15(17)16(21)19-9-5-13(6-10-19)11-14(20)18-7-3-4-8-18;/h12-13,15H,3-11,17H2,1-2H3;1H/t15-;/m0./s1. The van der Waals surface area contributed by atoms with Gasteiger partial charge in [-0.25, -0.2) is 0 Å². The highest BCUT2D eigenvalue weighted by Gasteiger charge is 2.29. The van der Waals surface area contributed by atoms with E-state index in [2.05, 4.69) is 0 Å². The fourth-order valence-corrected chi connectivity index (χ4v) is 3.20. The average molecular weight is 332 g/mol. The first-order valence-electron chi connectivity index (χ1n) is 8.31. The highest BCUT2D eigenvalue weighted by molar-refractivity contribution is 5.85. The summed E-state index contributed by atoms with van der Waals surface area (Å²) in [6.07, 6.45) is 4.79.